The highest BCUT2D eigenvalue weighted by Crippen LogP contribution is 2.35. The largest absolute Gasteiger partial charge is 0.368 e. The van der Waals surface area contributed by atoms with Crippen molar-refractivity contribution in [2.24, 2.45) is 0 Å². The van der Waals surface area contributed by atoms with Crippen molar-refractivity contribution in [3.05, 3.63) is 29.8 Å². The lowest BCUT2D eigenvalue weighted by atomic mass is 10.1. The van der Waals surface area contributed by atoms with Gasteiger partial charge in [-0.15, -0.1) is 0 Å². The van der Waals surface area contributed by atoms with E-state index in [9.17, 15) is 0 Å². The highest BCUT2D eigenvalue weighted by Gasteiger charge is 2.29. The third-order valence-electron chi connectivity index (χ3n) is 3.63. The second kappa shape index (κ2) is 3.30. The van der Waals surface area contributed by atoms with Crippen LogP contribution in [0.3, 0.4) is 0 Å². The summed E-state index contributed by atoms with van der Waals surface area (Å²) in [5.74, 6) is 0. The fraction of sp³-hybridized carbons (Fsp3) is 0.538. The maximum atomic E-state index is 2.64. The topological polar surface area (TPSA) is 3.24 Å². The van der Waals surface area contributed by atoms with E-state index in [1.54, 1.807) is 5.56 Å². The van der Waals surface area contributed by atoms with Gasteiger partial charge in [0.15, 0.2) is 0 Å². The van der Waals surface area contributed by atoms with Gasteiger partial charge in [0.1, 0.15) is 0 Å². The first-order chi connectivity index (χ1) is 6.95. The van der Waals surface area contributed by atoms with E-state index >= 15 is 0 Å². The van der Waals surface area contributed by atoms with Crippen molar-refractivity contribution >= 4 is 5.69 Å². The van der Waals surface area contributed by atoms with Gasteiger partial charge in [0.05, 0.1) is 0 Å². The van der Waals surface area contributed by atoms with E-state index in [0.29, 0.717) is 0 Å². The van der Waals surface area contributed by atoms with Crippen LogP contribution in [0.5, 0.6) is 0 Å². The molecule has 1 saturated heterocycles. The third-order valence-corrected chi connectivity index (χ3v) is 3.63. The third kappa shape index (κ3) is 1.23. The number of benzene rings is 1. The van der Waals surface area contributed by atoms with Crippen molar-refractivity contribution in [1.29, 1.82) is 0 Å². The number of hydrogen-bond donors (Lipinski definition) is 0. The number of nitrogens with zero attached hydrogens (tertiary/aromatic N) is 1. The molecular formula is C13H17N. The van der Waals surface area contributed by atoms with Crippen LogP contribution in [0.1, 0.15) is 31.2 Å². The maximum Gasteiger partial charge on any atom is 0.0402 e. The average Bonchev–Trinajstić information content (AvgIpc) is 2.42. The first-order valence-corrected chi connectivity index (χ1v) is 5.80. The highest BCUT2D eigenvalue weighted by atomic mass is 15.2. The lowest BCUT2D eigenvalue weighted by molar-refractivity contribution is 0.598. The molecule has 1 aromatic rings. The fourth-order valence-electron chi connectivity index (χ4n) is 2.92. The van der Waals surface area contributed by atoms with Gasteiger partial charge in [-0.3, -0.25) is 0 Å². The Balaban J connectivity index is 1.96. The molecule has 1 nitrogen and oxygen atoms in total. The van der Waals surface area contributed by atoms with Crippen LogP contribution in [-0.4, -0.2) is 12.6 Å². The van der Waals surface area contributed by atoms with Crippen LogP contribution in [0, 0.1) is 0 Å². The molecule has 74 valence electrons. The molecule has 0 saturated carbocycles. The van der Waals surface area contributed by atoms with Crippen molar-refractivity contribution < 1.29 is 0 Å². The van der Waals surface area contributed by atoms with Gasteiger partial charge in [0.2, 0.25) is 0 Å². The van der Waals surface area contributed by atoms with Gasteiger partial charge in [-0.1, -0.05) is 31.0 Å². The molecule has 3 rings (SSSR count). The summed E-state index contributed by atoms with van der Waals surface area (Å²) in [6, 6.07) is 9.75. The Morgan fingerprint density at radius 1 is 1.07 bits per heavy atom. The second-order valence-electron chi connectivity index (χ2n) is 4.53. The molecule has 1 atom stereocenters. The van der Waals surface area contributed by atoms with E-state index in [4.69, 9.17) is 0 Å². The molecule has 14 heavy (non-hydrogen) atoms. The van der Waals surface area contributed by atoms with E-state index < -0.39 is 0 Å². The van der Waals surface area contributed by atoms with Gasteiger partial charge in [0.25, 0.3) is 0 Å². The van der Waals surface area contributed by atoms with Crippen molar-refractivity contribution in [2.45, 2.75) is 38.1 Å². The van der Waals surface area contributed by atoms with Crippen LogP contribution in [0.4, 0.5) is 5.69 Å². The quantitative estimate of drug-likeness (QED) is 0.603. The molecule has 0 aromatic heterocycles. The summed E-state index contributed by atoms with van der Waals surface area (Å²) in [5, 5.41) is 0. The molecule has 2 aliphatic rings. The van der Waals surface area contributed by atoms with Gasteiger partial charge in [-0.25, -0.2) is 0 Å². The molecule has 1 unspecified atom stereocenters. The molecular weight excluding hydrogens is 170 g/mol. The number of hydrogen-bond acceptors (Lipinski definition) is 1. The van der Waals surface area contributed by atoms with Crippen LogP contribution >= 0.6 is 0 Å². The van der Waals surface area contributed by atoms with Crippen molar-refractivity contribution in [3.8, 4) is 0 Å². The summed E-state index contributed by atoms with van der Waals surface area (Å²) in [5.41, 5.74) is 3.08. The normalized spacial score (nSPS) is 25.4. The van der Waals surface area contributed by atoms with E-state index in [2.05, 4.69) is 29.2 Å². The molecule has 0 radical (unpaired) electrons. The predicted molar refractivity (Wildman–Crippen MR) is 59.7 cm³/mol. The molecule has 0 bridgehead atoms. The summed E-state index contributed by atoms with van der Waals surface area (Å²) in [7, 11) is 0. The van der Waals surface area contributed by atoms with E-state index in [-0.39, 0.29) is 0 Å². The predicted octanol–water partition coefficient (Wildman–Crippen LogP) is 2.99. The Morgan fingerprint density at radius 3 is 3.00 bits per heavy atom. The molecule has 0 aliphatic carbocycles. The SMILES string of the molecule is c1ccc2c(c1)CC1CCCCCN21. The molecule has 1 heteroatoms. The molecule has 2 aliphatic heterocycles. The number of para-hydroxylation sites is 1. The number of fused-ring (bicyclic) bond motifs is 3. The summed E-state index contributed by atoms with van der Waals surface area (Å²) in [4.78, 5) is 2.64. The molecule has 0 N–H and O–H groups in total. The standard InChI is InChI=1S/C13H17N/c1-2-7-12-10-11-6-3-4-8-13(11)14(12)9-5-1/h3-4,6,8,12H,1-2,5,7,9-10H2. The van der Waals surface area contributed by atoms with Gasteiger partial charge in [0, 0.05) is 18.3 Å². The van der Waals surface area contributed by atoms with Crippen LogP contribution in [0.15, 0.2) is 24.3 Å². The minimum absolute atomic E-state index is 0.815. The van der Waals surface area contributed by atoms with E-state index in [1.807, 2.05) is 0 Å². The average molecular weight is 187 g/mol. The molecule has 1 aromatic carbocycles. The molecule has 2 heterocycles. The summed E-state index contributed by atoms with van der Waals surface area (Å²) in [6.45, 7) is 1.28. The van der Waals surface area contributed by atoms with Gasteiger partial charge in [-0.05, 0) is 30.9 Å². The summed E-state index contributed by atoms with van der Waals surface area (Å²) in [6.07, 6.45) is 6.92. The lowest BCUT2D eigenvalue weighted by Gasteiger charge is -2.24. The van der Waals surface area contributed by atoms with Crippen molar-refractivity contribution in [3.63, 3.8) is 0 Å². The van der Waals surface area contributed by atoms with Gasteiger partial charge < -0.3 is 4.90 Å². The number of rotatable bonds is 0. The Kier molecular flexibility index (Phi) is 1.97. The summed E-state index contributed by atoms with van der Waals surface area (Å²) < 4.78 is 0. The molecule has 1 fully saturated rings. The Labute approximate surface area is 85.7 Å². The monoisotopic (exact) mass is 187 g/mol. The van der Waals surface area contributed by atoms with E-state index in [0.717, 1.165) is 6.04 Å². The number of anilines is 1. The Hall–Kier alpha value is -0.980. The van der Waals surface area contributed by atoms with Crippen molar-refractivity contribution in [2.75, 3.05) is 11.4 Å². The first-order valence-electron chi connectivity index (χ1n) is 5.80. The van der Waals surface area contributed by atoms with Crippen molar-refractivity contribution in [1.82, 2.24) is 0 Å². The maximum absolute atomic E-state index is 2.64. The van der Waals surface area contributed by atoms with Crippen LogP contribution in [0.25, 0.3) is 0 Å². The van der Waals surface area contributed by atoms with Crippen LogP contribution in [-0.2, 0) is 6.42 Å². The first kappa shape index (κ1) is 8.34. The van der Waals surface area contributed by atoms with Gasteiger partial charge >= 0.3 is 0 Å². The highest BCUT2D eigenvalue weighted by molar-refractivity contribution is 5.59. The zero-order valence-electron chi connectivity index (χ0n) is 8.58. The lowest BCUT2D eigenvalue weighted by Crippen LogP contribution is -2.30. The minimum Gasteiger partial charge on any atom is -0.368 e. The summed E-state index contributed by atoms with van der Waals surface area (Å²) >= 11 is 0. The van der Waals surface area contributed by atoms with Gasteiger partial charge in [-0.2, -0.15) is 0 Å². The fourth-order valence-corrected chi connectivity index (χ4v) is 2.92. The Morgan fingerprint density at radius 2 is 2.00 bits per heavy atom. The zero-order valence-corrected chi connectivity index (χ0v) is 8.58. The molecule has 0 amide bonds. The van der Waals surface area contributed by atoms with E-state index in [1.165, 1.54) is 44.3 Å². The van der Waals surface area contributed by atoms with Crippen LogP contribution in [0.2, 0.25) is 0 Å². The van der Waals surface area contributed by atoms with Crippen LogP contribution < -0.4 is 4.90 Å². The molecule has 0 spiro atoms. The smallest absolute Gasteiger partial charge is 0.0402 e. The minimum atomic E-state index is 0.815. The second-order valence-corrected chi connectivity index (χ2v) is 4.53. The zero-order chi connectivity index (χ0) is 9.38. The Bertz CT molecular complexity index is 332.